The minimum absolute atomic E-state index is 0. The Bertz CT molecular complexity index is 1200. The summed E-state index contributed by atoms with van der Waals surface area (Å²) in [6.07, 6.45) is 2.81. The normalized spacial score (nSPS) is 9.97. The number of alkyl halides is 2. The number of nitrogens with zero attached hydrogens (tertiary/aromatic N) is 1. The van der Waals surface area contributed by atoms with E-state index >= 15 is 0 Å². The Balaban J connectivity index is 0.000000360. The smallest absolute Gasteiger partial charge is 0.340 e. The average Bonchev–Trinajstić information content (AvgIpc) is 2.89. The number of methoxy groups -OCH3 is 3. The zero-order valence-electron chi connectivity index (χ0n) is 20.3. The topological polar surface area (TPSA) is 135 Å². The Morgan fingerprint density at radius 1 is 0.919 bits per heavy atom. The van der Waals surface area contributed by atoms with Crippen LogP contribution < -0.4 is 30.2 Å². The molecule has 204 valence electrons. The maximum Gasteiger partial charge on any atom is 0.340 e. The second kappa shape index (κ2) is 16.4. The molecule has 0 radical (unpaired) electrons. The summed E-state index contributed by atoms with van der Waals surface area (Å²) in [7, 11) is 4.31. The molecule has 0 bridgehead atoms. The minimum atomic E-state index is -0.516. The maximum atomic E-state index is 11.6. The molecule has 3 aromatic rings. The summed E-state index contributed by atoms with van der Waals surface area (Å²) >= 11 is 11.1. The number of aromatic amines is 1. The van der Waals surface area contributed by atoms with Crippen LogP contribution in [-0.2, 0) is 4.74 Å². The quantitative estimate of drug-likeness (QED) is 0.149. The third kappa shape index (κ3) is 8.91. The van der Waals surface area contributed by atoms with Gasteiger partial charge in [0.2, 0.25) is 0 Å². The number of anilines is 1. The van der Waals surface area contributed by atoms with E-state index in [2.05, 4.69) is 14.7 Å². The summed E-state index contributed by atoms with van der Waals surface area (Å²) in [4.78, 5) is 29.7. The van der Waals surface area contributed by atoms with E-state index in [4.69, 9.17) is 47.9 Å². The SMILES string of the molecule is C.COC(=O)c1cc(OC)c(OCCCCl)cc1N.COc1cc2c(=O)[nH]cnc2cc1OCCCCl. The summed E-state index contributed by atoms with van der Waals surface area (Å²) in [6, 6.07) is 6.35. The molecule has 12 heteroatoms. The molecule has 10 nitrogen and oxygen atoms in total. The van der Waals surface area contributed by atoms with Gasteiger partial charge in [0.1, 0.15) is 0 Å². The van der Waals surface area contributed by atoms with Gasteiger partial charge in [-0.3, -0.25) is 4.79 Å². The van der Waals surface area contributed by atoms with Crippen LogP contribution in [0, 0.1) is 0 Å². The van der Waals surface area contributed by atoms with Crippen molar-refractivity contribution in [1.29, 1.82) is 0 Å². The lowest BCUT2D eigenvalue weighted by Crippen LogP contribution is -2.08. The molecule has 2 aromatic carbocycles. The molecule has 37 heavy (non-hydrogen) atoms. The first-order valence-electron chi connectivity index (χ1n) is 10.9. The standard InChI is InChI=1S/C12H13ClN2O3.C12H16ClNO4.CH4/c1-17-10-5-8-9(14-7-15-12(8)16)6-11(10)18-4-2-3-13;1-16-10-6-8(12(15)17-2)9(14)7-11(10)18-5-3-4-13;/h5-7H,2-4H2,1H3,(H,14,15,16);6-7H,3-5,14H2,1-2H3;1H4. The zero-order valence-corrected chi connectivity index (χ0v) is 21.8. The molecule has 1 aromatic heterocycles. The number of fused-ring (bicyclic) bond motifs is 1. The number of rotatable bonds is 11. The minimum Gasteiger partial charge on any atom is -0.493 e. The summed E-state index contributed by atoms with van der Waals surface area (Å²) in [5.74, 6) is 2.51. The number of nitrogens with two attached hydrogens (primary N) is 1. The molecule has 0 unspecified atom stereocenters. The van der Waals surface area contributed by atoms with Crippen molar-refractivity contribution in [1.82, 2.24) is 9.97 Å². The highest BCUT2D eigenvalue weighted by Crippen LogP contribution is 2.33. The first-order valence-corrected chi connectivity index (χ1v) is 12.0. The lowest BCUT2D eigenvalue weighted by atomic mass is 10.1. The van der Waals surface area contributed by atoms with Crippen LogP contribution in [0.1, 0.15) is 30.6 Å². The highest BCUT2D eigenvalue weighted by molar-refractivity contribution is 6.18. The van der Waals surface area contributed by atoms with Crippen LogP contribution in [0.2, 0.25) is 0 Å². The van der Waals surface area contributed by atoms with Crippen molar-refractivity contribution >= 4 is 45.8 Å². The molecule has 0 amide bonds. The number of H-pyrrole nitrogens is 1. The van der Waals surface area contributed by atoms with E-state index in [1.165, 1.54) is 33.7 Å². The highest BCUT2D eigenvalue weighted by atomic mass is 35.5. The zero-order chi connectivity index (χ0) is 26.5. The number of ether oxygens (including phenoxy) is 5. The van der Waals surface area contributed by atoms with Gasteiger partial charge in [-0.25, -0.2) is 9.78 Å². The van der Waals surface area contributed by atoms with E-state index in [0.717, 1.165) is 6.42 Å². The van der Waals surface area contributed by atoms with Crippen molar-refractivity contribution in [2.75, 3.05) is 52.0 Å². The van der Waals surface area contributed by atoms with Crippen LogP contribution in [0.4, 0.5) is 5.69 Å². The number of esters is 1. The molecule has 0 saturated carbocycles. The van der Waals surface area contributed by atoms with E-state index in [0.29, 0.717) is 65.3 Å². The van der Waals surface area contributed by atoms with Gasteiger partial charge in [0.15, 0.2) is 23.0 Å². The fourth-order valence-corrected chi connectivity index (χ4v) is 3.17. The van der Waals surface area contributed by atoms with Gasteiger partial charge in [-0.15, -0.1) is 23.2 Å². The van der Waals surface area contributed by atoms with E-state index in [9.17, 15) is 9.59 Å². The van der Waals surface area contributed by atoms with Gasteiger partial charge in [0.25, 0.3) is 5.56 Å². The van der Waals surface area contributed by atoms with Crippen molar-refractivity contribution in [3.8, 4) is 23.0 Å². The molecule has 0 atom stereocenters. The molecular formula is C25H33Cl2N3O7. The molecule has 0 aliphatic carbocycles. The van der Waals surface area contributed by atoms with Crippen molar-refractivity contribution in [3.05, 3.63) is 46.5 Å². The van der Waals surface area contributed by atoms with Gasteiger partial charge in [-0.05, 0) is 18.9 Å². The van der Waals surface area contributed by atoms with Crippen molar-refractivity contribution in [2.24, 2.45) is 0 Å². The number of nitrogens with one attached hydrogen (secondary N) is 1. The molecule has 0 spiro atoms. The number of nitrogen functional groups attached to an aromatic ring is 1. The van der Waals surface area contributed by atoms with E-state index in [1.54, 1.807) is 18.2 Å². The Kier molecular flexibility index (Phi) is 14.0. The Hall–Kier alpha value is -3.37. The van der Waals surface area contributed by atoms with Gasteiger partial charge < -0.3 is 34.4 Å². The predicted octanol–water partition coefficient (Wildman–Crippen LogP) is 4.65. The molecular weight excluding hydrogens is 525 g/mol. The largest absolute Gasteiger partial charge is 0.493 e. The Morgan fingerprint density at radius 3 is 2.03 bits per heavy atom. The molecule has 0 fully saturated rings. The number of halogens is 2. The van der Waals surface area contributed by atoms with Gasteiger partial charge in [0, 0.05) is 30.0 Å². The average molecular weight is 558 g/mol. The molecule has 1 heterocycles. The van der Waals surface area contributed by atoms with E-state index in [1.807, 2.05) is 0 Å². The van der Waals surface area contributed by atoms with Gasteiger partial charge >= 0.3 is 5.97 Å². The third-order valence-corrected chi connectivity index (χ3v) is 5.27. The molecule has 0 saturated heterocycles. The first-order chi connectivity index (χ1) is 17.4. The first kappa shape index (κ1) is 31.7. The number of carbonyl (C=O) groups excluding carboxylic acids is 1. The second-order valence-corrected chi connectivity index (χ2v) is 7.87. The van der Waals surface area contributed by atoms with Crippen LogP contribution in [-0.4, -0.2) is 62.2 Å². The number of hydrogen-bond donors (Lipinski definition) is 2. The van der Waals surface area contributed by atoms with Crippen LogP contribution in [0.3, 0.4) is 0 Å². The summed E-state index contributed by atoms with van der Waals surface area (Å²) in [6.45, 7) is 0.950. The van der Waals surface area contributed by atoms with Crippen LogP contribution in [0.15, 0.2) is 35.4 Å². The van der Waals surface area contributed by atoms with Crippen LogP contribution in [0.25, 0.3) is 10.9 Å². The molecule has 0 aliphatic heterocycles. The number of benzene rings is 2. The number of carbonyl (C=O) groups is 1. The third-order valence-electron chi connectivity index (χ3n) is 4.74. The maximum absolute atomic E-state index is 11.6. The fourth-order valence-electron chi connectivity index (χ4n) is 2.96. The Labute approximate surface area is 225 Å². The van der Waals surface area contributed by atoms with Gasteiger partial charge in [0.05, 0.1) is 63.0 Å². The highest BCUT2D eigenvalue weighted by Gasteiger charge is 2.16. The second-order valence-electron chi connectivity index (χ2n) is 7.12. The molecule has 0 aliphatic rings. The lowest BCUT2D eigenvalue weighted by Gasteiger charge is -2.13. The molecule has 3 N–H and O–H groups in total. The van der Waals surface area contributed by atoms with Gasteiger partial charge in [-0.1, -0.05) is 7.43 Å². The van der Waals surface area contributed by atoms with Crippen LogP contribution >= 0.6 is 23.2 Å². The number of aromatic nitrogens is 2. The van der Waals surface area contributed by atoms with Crippen molar-refractivity contribution in [2.45, 2.75) is 20.3 Å². The Morgan fingerprint density at radius 2 is 1.49 bits per heavy atom. The predicted molar refractivity (Wildman–Crippen MR) is 146 cm³/mol. The van der Waals surface area contributed by atoms with Crippen LogP contribution in [0.5, 0.6) is 23.0 Å². The summed E-state index contributed by atoms with van der Waals surface area (Å²) in [5.41, 5.74) is 6.66. The monoisotopic (exact) mass is 557 g/mol. The summed E-state index contributed by atoms with van der Waals surface area (Å²) in [5, 5.41) is 0.471. The number of hydrogen-bond acceptors (Lipinski definition) is 9. The lowest BCUT2D eigenvalue weighted by molar-refractivity contribution is 0.0601. The molecule has 3 rings (SSSR count). The van der Waals surface area contributed by atoms with E-state index < -0.39 is 5.97 Å². The summed E-state index contributed by atoms with van der Waals surface area (Å²) < 4.78 is 26.0. The van der Waals surface area contributed by atoms with Crippen molar-refractivity contribution < 1.29 is 28.5 Å². The fraction of sp³-hybridized carbons (Fsp3) is 0.400. The van der Waals surface area contributed by atoms with Crippen molar-refractivity contribution in [3.63, 3.8) is 0 Å². The van der Waals surface area contributed by atoms with E-state index in [-0.39, 0.29) is 24.2 Å². The van der Waals surface area contributed by atoms with Gasteiger partial charge in [-0.2, -0.15) is 0 Å².